The first-order chi connectivity index (χ1) is 13.9. The van der Waals surface area contributed by atoms with Crippen LogP contribution in [0.2, 0.25) is 0 Å². The number of ether oxygens (including phenoxy) is 1. The van der Waals surface area contributed by atoms with Gasteiger partial charge in [0.1, 0.15) is 11.8 Å². The first-order valence-corrected chi connectivity index (χ1v) is 10.6. The summed E-state index contributed by atoms with van der Waals surface area (Å²) < 4.78 is 10.3. The van der Waals surface area contributed by atoms with E-state index in [1.807, 2.05) is 6.26 Å². The van der Waals surface area contributed by atoms with E-state index in [9.17, 15) is 14.4 Å². The van der Waals surface area contributed by atoms with Crippen molar-refractivity contribution in [1.29, 1.82) is 0 Å². The first-order valence-electron chi connectivity index (χ1n) is 9.24. The molecule has 2 amide bonds. The van der Waals surface area contributed by atoms with Crippen molar-refractivity contribution in [3.05, 3.63) is 47.7 Å². The van der Waals surface area contributed by atoms with E-state index in [0.717, 1.165) is 0 Å². The van der Waals surface area contributed by atoms with Gasteiger partial charge >= 0.3 is 5.97 Å². The van der Waals surface area contributed by atoms with Crippen LogP contribution in [-0.4, -0.2) is 47.1 Å². The molecule has 0 saturated heterocycles. The zero-order valence-electron chi connectivity index (χ0n) is 16.6. The predicted octanol–water partition coefficient (Wildman–Crippen LogP) is 2.80. The maximum absolute atomic E-state index is 12.7. The third-order valence-corrected chi connectivity index (χ3v) is 4.68. The minimum Gasteiger partial charge on any atom is -0.451 e. The number of carbonyl (C=O) groups excluding carboxylic acids is 3. The second-order valence-corrected chi connectivity index (χ2v) is 7.30. The Morgan fingerprint density at radius 3 is 2.55 bits per heavy atom. The van der Waals surface area contributed by atoms with Gasteiger partial charge in [0.15, 0.2) is 11.9 Å². The molecule has 2 aromatic rings. The van der Waals surface area contributed by atoms with Gasteiger partial charge in [-0.1, -0.05) is 30.3 Å². The lowest BCUT2D eigenvalue weighted by Gasteiger charge is -2.21. The summed E-state index contributed by atoms with van der Waals surface area (Å²) >= 11 is 1.55. The number of hydrogen-bond donors (Lipinski definition) is 2. The molecule has 2 rings (SSSR count). The molecule has 0 radical (unpaired) electrons. The van der Waals surface area contributed by atoms with Crippen molar-refractivity contribution in [2.75, 3.05) is 17.3 Å². The van der Waals surface area contributed by atoms with Crippen molar-refractivity contribution in [3.63, 3.8) is 0 Å². The molecule has 0 aliphatic carbocycles. The average molecular weight is 420 g/mol. The molecule has 1 heterocycles. The molecule has 0 unspecified atom stereocenters. The van der Waals surface area contributed by atoms with E-state index in [4.69, 9.17) is 9.26 Å². The van der Waals surface area contributed by atoms with Crippen LogP contribution in [0.4, 0.5) is 5.82 Å². The fourth-order valence-corrected chi connectivity index (χ4v) is 2.96. The van der Waals surface area contributed by atoms with Gasteiger partial charge in [-0.05, 0) is 43.9 Å². The number of aromatic nitrogens is 1. The number of aryl methyl sites for hydroxylation is 1. The number of esters is 1. The average Bonchev–Trinajstić information content (AvgIpc) is 3.13. The first kappa shape index (κ1) is 22.5. The summed E-state index contributed by atoms with van der Waals surface area (Å²) in [6.45, 7) is 3.43. The SMILES string of the molecule is CC[C@@H](OC(=O)[C@@H](CCSC)NC(=O)c1ccccc1)C(=O)Nc1cc(C)on1. The number of benzene rings is 1. The van der Waals surface area contributed by atoms with Crippen LogP contribution >= 0.6 is 11.8 Å². The van der Waals surface area contributed by atoms with Crippen LogP contribution < -0.4 is 10.6 Å². The van der Waals surface area contributed by atoms with Crippen LogP contribution in [0.3, 0.4) is 0 Å². The summed E-state index contributed by atoms with van der Waals surface area (Å²) in [6, 6.07) is 9.32. The topological polar surface area (TPSA) is 111 Å². The smallest absolute Gasteiger partial charge is 0.329 e. The molecule has 0 saturated carbocycles. The summed E-state index contributed by atoms with van der Waals surface area (Å²) in [4.78, 5) is 37.5. The van der Waals surface area contributed by atoms with Crippen molar-refractivity contribution < 1.29 is 23.6 Å². The van der Waals surface area contributed by atoms with Gasteiger partial charge in [-0.25, -0.2) is 4.79 Å². The van der Waals surface area contributed by atoms with Gasteiger partial charge in [0.05, 0.1) is 0 Å². The third kappa shape index (κ3) is 6.94. The highest BCUT2D eigenvalue weighted by Crippen LogP contribution is 2.12. The van der Waals surface area contributed by atoms with Crippen molar-refractivity contribution in [2.45, 2.75) is 38.8 Å². The Kier molecular flexibility index (Phi) is 8.72. The van der Waals surface area contributed by atoms with Crippen LogP contribution in [0, 0.1) is 6.92 Å². The molecule has 8 nitrogen and oxygen atoms in total. The maximum Gasteiger partial charge on any atom is 0.329 e. The van der Waals surface area contributed by atoms with Gasteiger partial charge in [0, 0.05) is 11.6 Å². The highest BCUT2D eigenvalue weighted by molar-refractivity contribution is 7.98. The number of nitrogens with one attached hydrogen (secondary N) is 2. The van der Waals surface area contributed by atoms with Gasteiger partial charge in [-0.2, -0.15) is 11.8 Å². The molecule has 1 aromatic heterocycles. The summed E-state index contributed by atoms with van der Waals surface area (Å²) in [6.07, 6.45) is 1.56. The van der Waals surface area contributed by atoms with Crippen LogP contribution in [0.1, 0.15) is 35.9 Å². The van der Waals surface area contributed by atoms with Crippen molar-refractivity contribution in [2.24, 2.45) is 0 Å². The van der Waals surface area contributed by atoms with Gasteiger partial charge < -0.3 is 19.9 Å². The fourth-order valence-electron chi connectivity index (χ4n) is 2.49. The lowest BCUT2D eigenvalue weighted by atomic mass is 10.1. The molecule has 2 N–H and O–H groups in total. The molecular formula is C20H25N3O5S. The van der Waals surface area contributed by atoms with E-state index in [2.05, 4.69) is 15.8 Å². The monoisotopic (exact) mass is 419 g/mol. The van der Waals surface area contributed by atoms with Crippen molar-refractivity contribution >= 4 is 35.4 Å². The van der Waals surface area contributed by atoms with Gasteiger partial charge in [-0.15, -0.1) is 0 Å². The molecule has 0 spiro atoms. The minimum atomic E-state index is -1.01. The molecule has 0 bridgehead atoms. The summed E-state index contributed by atoms with van der Waals surface area (Å²) in [7, 11) is 0. The number of hydrogen-bond acceptors (Lipinski definition) is 7. The van der Waals surface area contributed by atoms with E-state index in [0.29, 0.717) is 23.5 Å². The van der Waals surface area contributed by atoms with Crippen molar-refractivity contribution in [1.82, 2.24) is 10.5 Å². The van der Waals surface area contributed by atoms with Gasteiger partial charge in [-0.3, -0.25) is 9.59 Å². The Labute approximate surface area is 173 Å². The fraction of sp³-hybridized carbons (Fsp3) is 0.400. The van der Waals surface area contributed by atoms with E-state index in [-0.39, 0.29) is 18.1 Å². The molecule has 156 valence electrons. The molecule has 9 heteroatoms. The quantitative estimate of drug-likeness (QED) is 0.570. The number of nitrogens with zero attached hydrogens (tertiary/aromatic N) is 1. The van der Waals surface area contributed by atoms with Crippen molar-refractivity contribution in [3.8, 4) is 0 Å². The molecular weight excluding hydrogens is 394 g/mol. The molecule has 0 aliphatic rings. The number of thioether (sulfide) groups is 1. The number of rotatable bonds is 10. The number of carbonyl (C=O) groups is 3. The number of amides is 2. The second-order valence-electron chi connectivity index (χ2n) is 6.32. The molecule has 1 aromatic carbocycles. The minimum absolute atomic E-state index is 0.248. The summed E-state index contributed by atoms with van der Waals surface area (Å²) in [5.41, 5.74) is 0.445. The number of anilines is 1. The second kappa shape index (κ2) is 11.3. The van der Waals surface area contributed by atoms with E-state index in [1.54, 1.807) is 62.0 Å². The zero-order chi connectivity index (χ0) is 21.2. The molecule has 2 atom stereocenters. The standard InChI is InChI=1S/C20H25N3O5S/c1-4-16(19(25)22-17-12-13(2)28-23-17)27-20(26)15(10-11-29-3)21-18(24)14-8-6-5-7-9-14/h5-9,12,15-16H,4,10-11H2,1-3H3,(H,21,24)(H,22,23,25)/t15-,16-/m1/s1. The Morgan fingerprint density at radius 2 is 1.97 bits per heavy atom. The van der Waals surface area contributed by atoms with Crippen LogP contribution in [0.15, 0.2) is 40.9 Å². The van der Waals surface area contributed by atoms with Gasteiger partial charge in [0.25, 0.3) is 11.8 Å². The van der Waals surface area contributed by atoms with Crippen LogP contribution in [0.25, 0.3) is 0 Å². The largest absolute Gasteiger partial charge is 0.451 e. The summed E-state index contributed by atoms with van der Waals surface area (Å²) in [5, 5.41) is 8.95. The Balaban J connectivity index is 2.02. The highest BCUT2D eigenvalue weighted by atomic mass is 32.2. The third-order valence-electron chi connectivity index (χ3n) is 4.04. The Bertz CT molecular complexity index is 825. The van der Waals surface area contributed by atoms with Crippen LogP contribution in [-0.2, 0) is 14.3 Å². The predicted molar refractivity (Wildman–Crippen MR) is 111 cm³/mol. The zero-order valence-corrected chi connectivity index (χ0v) is 17.5. The normalized spacial score (nSPS) is 12.7. The lowest BCUT2D eigenvalue weighted by Crippen LogP contribution is -2.45. The molecule has 0 fully saturated rings. The molecule has 29 heavy (non-hydrogen) atoms. The lowest BCUT2D eigenvalue weighted by molar-refractivity contribution is -0.156. The molecule has 0 aliphatic heterocycles. The van der Waals surface area contributed by atoms with Gasteiger partial charge in [0.2, 0.25) is 0 Å². The van der Waals surface area contributed by atoms with E-state index >= 15 is 0 Å². The summed E-state index contributed by atoms with van der Waals surface area (Å²) in [5.74, 6) is -0.0850. The Hall–Kier alpha value is -2.81. The van der Waals surface area contributed by atoms with E-state index < -0.39 is 24.0 Å². The Morgan fingerprint density at radius 1 is 1.24 bits per heavy atom. The van der Waals surface area contributed by atoms with Crippen LogP contribution in [0.5, 0.6) is 0 Å². The maximum atomic E-state index is 12.7. The highest BCUT2D eigenvalue weighted by Gasteiger charge is 2.28. The van der Waals surface area contributed by atoms with E-state index in [1.165, 1.54) is 0 Å².